The highest BCUT2D eigenvalue weighted by Gasteiger charge is 2.18. The summed E-state index contributed by atoms with van der Waals surface area (Å²) < 4.78 is 14.4. The van der Waals surface area contributed by atoms with Gasteiger partial charge >= 0.3 is 0 Å². The molecule has 2 aromatic carbocycles. The molecule has 0 fully saturated rings. The van der Waals surface area contributed by atoms with Crippen LogP contribution in [-0.4, -0.2) is 10.1 Å². The lowest BCUT2D eigenvalue weighted by atomic mass is 10.00. The van der Waals surface area contributed by atoms with Gasteiger partial charge in [0.05, 0.1) is 5.52 Å². The molecule has 0 aliphatic rings. The maximum Gasteiger partial charge on any atom is 0.130 e. The van der Waals surface area contributed by atoms with Crippen molar-refractivity contribution in [3.63, 3.8) is 0 Å². The SMILES string of the molecule is OC(c1ccc2cccnc2c1)c1c(F)cccc1Br. The van der Waals surface area contributed by atoms with E-state index in [0.29, 0.717) is 10.0 Å². The first-order valence-corrected chi connectivity index (χ1v) is 6.93. The normalized spacial score (nSPS) is 12.6. The molecule has 0 spiro atoms. The van der Waals surface area contributed by atoms with Crippen LogP contribution >= 0.6 is 15.9 Å². The predicted molar refractivity (Wildman–Crippen MR) is 79.9 cm³/mol. The Hall–Kier alpha value is -1.78. The standard InChI is InChI=1S/C16H11BrFNO/c17-12-4-1-5-13(18)15(12)16(20)11-7-6-10-3-2-8-19-14(10)9-11/h1-9,16,20H. The molecule has 3 rings (SSSR count). The third kappa shape index (κ3) is 2.32. The van der Waals surface area contributed by atoms with E-state index in [1.54, 1.807) is 30.5 Å². The van der Waals surface area contributed by atoms with E-state index in [-0.39, 0.29) is 5.56 Å². The van der Waals surface area contributed by atoms with Crippen molar-refractivity contribution in [1.29, 1.82) is 0 Å². The summed E-state index contributed by atoms with van der Waals surface area (Å²) in [5.74, 6) is -0.437. The zero-order valence-corrected chi connectivity index (χ0v) is 12.0. The van der Waals surface area contributed by atoms with E-state index >= 15 is 0 Å². The highest BCUT2D eigenvalue weighted by atomic mass is 79.9. The minimum Gasteiger partial charge on any atom is -0.384 e. The molecule has 4 heteroatoms. The number of pyridine rings is 1. The molecule has 1 heterocycles. The zero-order chi connectivity index (χ0) is 14.1. The quantitative estimate of drug-likeness (QED) is 0.762. The molecule has 0 aliphatic heterocycles. The van der Waals surface area contributed by atoms with Crippen LogP contribution in [0.2, 0.25) is 0 Å². The molecule has 1 N–H and O–H groups in total. The van der Waals surface area contributed by atoms with Crippen LogP contribution in [-0.2, 0) is 0 Å². The van der Waals surface area contributed by atoms with Crippen molar-refractivity contribution >= 4 is 26.8 Å². The number of nitrogens with zero attached hydrogens (tertiary/aromatic N) is 1. The molecule has 1 aromatic heterocycles. The first kappa shape index (κ1) is 13.2. The molecule has 20 heavy (non-hydrogen) atoms. The van der Waals surface area contributed by atoms with Gasteiger partial charge < -0.3 is 5.11 Å². The average molecular weight is 332 g/mol. The van der Waals surface area contributed by atoms with Crippen LogP contribution in [0.5, 0.6) is 0 Å². The molecule has 1 atom stereocenters. The van der Waals surface area contributed by atoms with Crippen molar-refractivity contribution in [1.82, 2.24) is 4.98 Å². The Morgan fingerprint density at radius 1 is 1.10 bits per heavy atom. The monoisotopic (exact) mass is 331 g/mol. The first-order valence-electron chi connectivity index (χ1n) is 6.13. The second-order valence-corrected chi connectivity index (χ2v) is 5.35. The second-order valence-electron chi connectivity index (χ2n) is 4.49. The molecular weight excluding hydrogens is 321 g/mol. The van der Waals surface area contributed by atoms with E-state index in [1.807, 2.05) is 18.2 Å². The Bertz CT molecular complexity index is 755. The molecule has 0 saturated heterocycles. The van der Waals surface area contributed by atoms with Crippen LogP contribution in [0.3, 0.4) is 0 Å². The molecule has 0 aliphatic carbocycles. The Morgan fingerprint density at radius 2 is 1.95 bits per heavy atom. The Balaban J connectivity index is 2.10. The number of hydrogen-bond donors (Lipinski definition) is 1. The molecular formula is C16H11BrFNO. The number of halogens is 2. The first-order chi connectivity index (χ1) is 9.66. The van der Waals surface area contributed by atoms with Gasteiger partial charge in [-0.15, -0.1) is 0 Å². The predicted octanol–water partition coefficient (Wildman–Crippen LogP) is 4.22. The van der Waals surface area contributed by atoms with Crippen LogP contribution in [0, 0.1) is 5.82 Å². The van der Waals surface area contributed by atoms with Crippen molar-refractivity contribution in [2.75, 3.05) is 0 Å². The molecule has 0 amide bonds. The number of aromatic nitrogens is 1. The molecule has 2 nitrogen and oxygen atoms in total. The van der Waals surface area contributed by atoms with Gasteiger partial charge in [-0.05, 0) is 29.8 Å². The fourth-order valence-corrected chi connectivity index (χ4v) is 2.75. The lowest BCUT2D eigenvalue weighted by Crippen LogP contribution is -2.03. The summed E-state index contributed by atoms with van der Waals surface area (Å²) in [6.07, 6.45) is 0.661. The topological polar surface area (TPSA) is 33.1 Å². The van der Waals surface area contributed by atoms with Gasteiger partial charge in [0, 0.05) is 21.6 Å². The number of benzene rings is 2. The lowest BCUT2D eigenvalue weighted by molar-refractivity contribution is 0.214. The Kier molecular flexibility index (Phi) is 3.51. The summed E-state index contributed by atoms with van der Waals surface area (Å²) in [5, 5.41) is 11.4. The number of fused-ring (bicyclic) bond motifs is 1. The summed E-state index contributed by atoms with van der Waals surface area (Å²) in [4.78, 5) is 4.25. The smallest absolute Gasteiger partial charge is 0.130 e. The van der Waals surface area contributed by atoms with Crippen molar-refractivity contribution in [3.8, 4) is 0 Å². The number of hydrogen-bond acceptors (Lipinski definition) is 2. The fraction of sp³-hybridized carbons (Fsp3) is 0.0625. The summed E-state index contributed by atoms with van der Waals surface area (Å²) in [5.41, 5.74) is 1.63. The van der Waals surface area contributed by atoms with Crippen LogP contribution in [0.4, 0.5) is 4.39 Å². The highest BCUT2D eigenvalue weighted by Crippen LogP contribution is 2.31. The zero-order valence-electron chi connectivity index (χ0n) is 10.4. The summed E-state index contributed by atoms with van der Waals surface area (Å²) >= 11 is 3.28. The van der Waals surface area contributed by atoms with E-state index < -0.39 is 11.9 Å². The maximum atomic E-state index is 13.9. The maximum absolute atomic E-state index is 13.9. The molecule has 100 valence electrons. The molecule has 0 saturated carbocycles. The number of aliphatic hydroxyl groups excluding tert-OH is 1. The van der Waals surface area contributed by atoms with Crippen molar-refractivity contribution in [2.45, 2.75) is 6.10 Å². The van der Waals surface area contributed by atoms with E-state index in [9.17, 15) is 9.50 Å². The average Bonchev–Trinajstić information content (AvgIpc) is 2.46. The minimum absolute atomic E-state index is 0.239. The van der Waals surface area contributed by atoms with E-state index in [0.717, 1.165) is 10.9 Å². The molecule has 1 unspecified atom stereocenters. The van der Waals surface area contributed by atoms with Gasteiger partial charge in [-0.1, -0.05) is 40.2 Å². The summed E-state index contributed by atoms with van der Waals surface area (Å²) in [6, 6.07) is 13.9. The van der Waals surface area contributed by atoms with Crippen LogP contribution in [0.25, 0.3) is 10.9 Å². The van der Waals surface area contributed by atoms with Gasteiger partial charge in [0.25, 0.3) is 0 Å². The molecule has 0 bridgehead atoms. The van der Waals surface area contributed by atoms with Crippen molar-refractivity contribution in [3.05, 3.63) is 76.1 Å². The van der Waals surface area contributed by atoms with E-state index in [2.05, 4.69) is 20.9 Å². The molecule has 3 aromatic rings. The van der Waals surface area contributed by atoms with Gasteiger partial charge in [0.15, 0.2) is 0 Å². The lowest BCUT2D eigenvalue weighted by Gasteiger charge is -2.14. The van der Waals surface area contributed by atoms with Crippen LogP contribution in [0.1, 0.15) is 17.2 Å². The van der Waals surface area contributed by atoms with Gasteiger partial charge in [-0.3, -0.25) is 4.98 Å². The number of rotatable bonds is 2. The minimum atomic E-state index is -1.03. The van der Waals surface area contributed by atoms with E-state index in [1.165, 1.54) is 6.07 Å². The van der Waals surface area contributed by atoms with Gasteiger partial charge in [0.1, 0.15) is 11.9 Å². The third-order valence-electron chi connectivity index (χ3n) is 3.22. The van der Waals surface area contributed by atoms with E-state index in [4.69, 9.17) is 0 Å². The van der Waals surface area contributed by atoms with Gasteiger partial charge in [-0.2, -0.15) is 0 Å². The van der Waals surface area contributed by atoms with Gasteiger partial charge in [0.2, 0.25) is 0 Å². The fourth-order valence-electron chi connectivity index (χ4n) is 2.19. The Labute approximate surface area is 124 Å². The number of aliphatic hydroxyl groups is 1. The third-order valence-corrected chi connectivity index (χ3v) is 3.91. The van der Waals surface area contributed by atoms with Crippen LogP contribution in [0.15, 0.2) is 59.2 Å². The second kappa shape index (κ2) is 5.31. The summed E-state index contributed by atoms with van der Waals surface area (Å²) in [6.45, 7) is 0. The van der Waals surface area contributed by atoms with Crippen molar-refractivity contribution < 1.29 is 9.50 Å². The summed E-state index contributed by atoms with van der Waals surface area (Å²) in [7, 11) is 0. The van der Waals surface area contributed by atoms with Gasteiger partial charge in [-0.25, -0.2) is 4.39 Å². The van der Waals surface area contributed by atoms with Crippen LogP contribution < -0.4 is 0 Å². The highest BCUT2D eigenvalue weighted by molar-refractivity contribution is 9.10. The Morgan fingerprint density at radius 3 is 2.75 bits per heavy atom. The van der Waals surface area contributed by atoms with Crippen molar-refractivity contribution in [2.24, 2.45) is 0 Å². The molecule has 0 radical (unpaired) electrons. The largest absolute Gasteiger partial charge is 0.384 e.